The number of rotatable bonds is 2. The number of amidine groups is 1. The van der Waals surface area contributed by atoms with Gasteiger partial charge in [0.15, 0.2) is 5.17 Å². The Bertz CT molecular complexity index is 1070. The summed E-state index contributed by atoms with van der Waals surface area (Å²) in [4.78, 5) is 17.7. The van der Waals surface area contributed by atoms with Gasteiger partial charge in [0.25, 0.3) is 5.91 Å². The van der Waals surface area contributed by atoms with Crippen LogP contribution >= 0.6 is 23.4 Å². The highest BCUT2D eigenvalue weighted by Crippen LogP contribution is 2.41. The molecule has 0 aliphatic carbocycles. The quantitative estimate of drug-likeness (QED) is 0.486. The van der Waals surface area contributed by atoms with Crippen LogP contribution in [0.2, 0.25) is 5.02 Å². The van der Waals surface area contributed by atoms with E-state index in [2.05, 4.69) is 51.9 Å². The van der Waals surface area contributed by atoms with Crippen LogP contribution < -0.4 is 5.32 Å². The highest BCUT2D eigenvalue weighted by atomic mass is 35.5. The van der Waals surface area contributed by atoms with Gasteiger partial charge < -0.3 is 10.4 Å². The summed E-state index contributed by atoms with van der Waals surface area (Å²) in [5.74, 6) is 0.143. The molecule has 1 fully saturated rings. The van der Waals surface area contributed by atoms with E-state index in [0.717, 1.165) is 27.9 Å². The van der Waals surface area contributed by atoms with Crippen LogP contribution in [0.1, 0.15) is 63.8 Å². The van der Waals surface area contributed by atoms with E-state index in [-0.39, 0.29) is 16.7 Å². The third-order valence-electron chi connectivity index (χ3n) is 5.08. The van der Waals surface area contributed by atoms with Gasteiger partial charge in [0.05, 0.1) is 10.6 Å². The maximum Gasteiger partial charge on any atom is 0.264 e. The Morgan fingerprint density at radius 1 is 1.03 bits per heavy atom. The van der Waals surface area contributed by atoms with E-state index < -0.39 is 0 Å². The Balaban J connectivity index is 2.01. The van der Waals surface area contributed by atoms with Gasteiger partial charge >= 0.3 is 0 Å². The first-order valence-electron chi connectivity index (χ1n) is 10.2. The van der Waals surface area contributed by atoms with Crippen LogP contribution in [0.15, 0.2) is 40.2 Å². The molecule has 0 saturated carbocycles. The number of aryl methyl sites for hydroxylation is 1. The van der Waals surface area contributed by atoms with Crippen molar-refractivity contribution in [2.24, 2.45) is 4.99 Å². The van der Waals surface area contributed by atoms with Gasteiger partial charge in [0, 0.05) is 16.1 Å². The second-order valence-electron chi connectivity index (χ2n) is 9.88. The van der Waals surface area contributed by atoms with Gasteiger partial charge in [0.1, 0.15) is 5.75 Å². The van der Waals surface area contributed by atoms with Crippen molar-refractivity contribution >= 4 is 46.2 Å². The molecule has 0 unspecified atom stereocenters. The molecule has 2 N–H and O–H groups in total. The molecule has 1 aliphatic rings. The van der Waals surface area contributed by atoms with Gasteiger partial charge in [0.2, 0.25) is 0 Å². The van der Waals surface area contributed by atoms with Gasteiger partial charge in [-0.1, -0.05) is 53.1 Å². The number of carbonyl (C=O) groups excluding carboxylic acids is 1. The number of aromatic hydroxyl groups is 1. The molecule has 31 heavy (non-hydrogen) atoms. The predicted molar refractivity (Wildman–Crippen MR) is 133 cm³/mol. The monoisotopic (exact) mass is 456 g/mol. The molecule has 0 radical (unpaired) electrons. The van der Waals surface area contributed by atoms with Crippen LogP contribution in [0, 0.1) is 6.92 Å². The van der Waals surface area contributed by atoms with Crippen LogP contribution in [0.25, 0.3) is 6.08 Å². The maximum absolute atomic E-state index is 12.6. The number of hydrogen-bond donors (Lipinski definition) is 2. The number of thioether (sulfide) groups is 1. The SMILES string of the molecule is Cc1cc(Cl)ccc1N=C1NC(=O)/C(=C/c2cc(C(C)(C)C)c(O)c(C(C)(C)C)c2)S1. The van der Waals surface area contributed by atoms with Crippen molar-refractivity contribution in [1.29, 1.82) is 0 Å². The third-order valence-corrected chi connectivity index (χ3v) is 6.22. The fraction of sp³-hybridized carbons (Fsp3) is 0.360. The number of hydrogen-bond acceptors (Lipinski definition) is 4. The summed E-state index contributed by atoms with van der Waals surface area (Å²) in [5.41, 5.74) is 3.85. The fourth-order valence-electron chi connectivity index (χ4n) is 3.37. The maximum atomic E-state index is 12.6. The molecule has 1 saturated heterocycles. The molecule has 3 rings (SSSR count). The van der Waals surface area contributed by atoms with E-state index in [1.807, 2.05) is 37.3 Å². The molecule has 1 heterocycles. The molecule has 0 atom stereocenters. The molecule has 1 amide bonds. The largest absolute Gasteiger partial charge is 0.507 e. The molecule has 0 aromatic heterocycles. The minimum Gasteiger partial charge on any atom is -0.507 e. The topological polar surface area (TPSA) is 61.7 Å². The third kappa shape index (κ3) is 5.34. The Morgan fingerprint density at radius 2 is 1.61 bits per heavy atom. The number of halogens is 1. The van der Waals surface area contributed by atoms with Crippen LogP contribution in [-0.2, 0) is 15.6 Å². The summed E-state index contributed by atoms with van der Waals surface area (Å²) in [7, 11) is 0. The van der Waals surface area contributed by atoms with Gasteiger partial charge in [-0.05, 0) is 77.1 Å². The van der Waals surface area contributed by atoms with E-state index in [4.69, 9.17) is 11.6 Å². The van der Waals surface area contributed by atoms with E-state index >= 15 is 0 Å². The molecule has 164 valence electrons. The van der Waals surface area contributed by atoms with Crippen molar-refractivity contribution in [1.82, 2.24) is 5.32 Å². The van der Waals surface area contributed by atoms with Crippen molar-refractivity contribution in [2.45, 2.75) is 59.3 Å². The second kappa shape index (κ2) is 8.36. The van der Waals surface area contributed by atoms with Crippen molar-refractivity contribution < 1.29 is 9.90 Å². The van der Waals surface area contributed by atoms with E-state index in [0.29, 0.717) is 20.8 Å². The van der Waals surface area contributed by atoms with E-state index in [1.165, 1.54) is 11.8 Å². The average Bonchev–Trinajstić information content (AvgIpc) is 2.96. The lowest BCUT2D eigenvalue weighted by Gasteiger charge is -2.28. The number of phenols is 1. The fourth-order valence-corrected chi connectivity index (χ4v) is 4.43. The van der Waals surface area contributed by atoms with Crippen LogP contribution in [-0.4, -0.2) is 16.2 Å². The molecular weight excluding hydrogens is 428 g/mol. The number of aliphatic imine (C=N–C) groups is 1. The molecule has 0 spiro atoms. The van der Waals surface area contributed by atoms with Crippen molar-refractivity contribution in [3.8, 4) is 5.75 Å². The smallest absolute Gasteiger partial charge is 0.264 e. The zero-order valence-corrected chi connectivity index (χ0v) is 20.6. The minimum absolute atomic E-state index is 0.182. The average molecular weight is 457 g/mol. The van der Waals surface area contributed by atoms with Crippen LogP contribution in [0.4, 0.5) is 5.69 Å². The van der Waals surface area contributed by atoms with Gasteiger partial charge in [-0.2, -0.15) is 0 Å². The van der Waals surface area contributed by atoms with Gasteiger partial charge in [-0.3, -0.25) is 4.79 Å². The number of nitrogens with one attached hydrogen (secondary N) is 1. The molecule has 2 aromatic rings. The van der Waals surface area contributed by atoms with Crippen molar-refractivity contribution in [3.63, 3.8) is 0 Å². The van der Waals surface area contributed by atoms with Gasteiger partial charge in [-0.15, -0.1) is 0 Å². The number of benzene rings is 2. The summed E-state index contributed by atoms with van der Waals surface area (Å²) in [6.07, 6.45) is 1.86. The number of phenolic OH excluding ortho intramolecular Hbond substituents is 1. The lowest BCUT2D eigenvalue weighted by atomic mass is 9.78. The highest BCUT2D eigenvalue weighted by molar-refractivity contribution is 8.18. The zero-order chi connectivity index (χ0) is 23.1. The zero-order valence-electron chi connectivity index (χ0n) is 19.1. The summed E-state index contributed by atoms with van der Waals surface area (Å²) in [6, 6.07) is 9.39. The first-order chi connectivity index (χ1) is 14.3. The Morgan fingerprint density at radius 3 is 2.13 bits per heavy atom. The Labute approximate surface area is 193 Å². The summed E-state index contributed by atoms with van der Waals surface area (Å²) in [5, 5.41) is 14.9. The van der Waals surface area contributed by atoms with E-state index in [1.54, 1.807) is 6.07 Å². The number of carbonyl (C=O) groups is 1. The van der Waals surface area contributed by atoms with Crippen LogP contribution in [0.5, 0.6) is 5.75 Å². The Kier molecular flexibility index (Phi) is 6.32. The summed E-state index contributed by atoms with van der Waals surface area (Å²) >= 11 is 7.33. The first kappa shape index (κ1) is 23.4. The number of nitrogens with zero attached hydrogens (tertiary/aromatic N) is 1. The lowest BCUT2D eigenvalue weighted by Crippen LogP contribution is -2.19. The molecule has 2 aromatic carbocycles. The molecule has 0 bridgehead atoms. The predicted octanol–water partition coefficient (Wildman–Crippen LogP) is 6.84. The van der Waals surface area contributed by atoms with Crippen LogP contribution in [0.3, 0.4) is 0 Å². The number of amides is 1. The summed E-state index contributed by atoms with van der Waals surface area (Å²) < 4.78 is 0. The summed E-state index contributed by atoms with van der Waals surface area (Å²) in [6.45, 7) is 14.4. The van der Waals surface area contributed by atoms with Gasteiger partial charge in [-0.25, -0.2) is 4.99 Å². The minimum atomic E-state index is -0.234. The molecule has 4 nitrogen and oxygen atoms in total. The van der Waals surface area contributed by atoms with Crippen molar-refractivity contribution in [3.05, 3.63) is 62.5 Å². The molecular formula is C25H29ClN2O2S. The Hall–Kier alpha value is -2.24. The normalized spacial score (nSPS) is 17.5. The molecule has 1 aliphatic heterocycles. The van der Waals surface area contributed by atoms with Crippen molar-refractivity contribution in [2.75, 3.05) is 0 Å². The standard InChI is InChI=1S/C25H29ClN2O2S/c1-14-10-16(26)8-9-19(14)27-23-28-22(30)20(31-23)13-15-11-17(24(2,3)4)21(29)18(12-15)25(5,6)7/h8-13,29H,1-7H3,(H,27,28,30)/b20-13-. The second-order valence-corrected chi connectivity index (χ2v) is 11.3. The highest BCUT2D eigenvalue weighted by Gasteiger charge is 2.28. The van der Waals surface area contributed by atoms with E-state index in [9.17, 15) is 9.90 Å². The first-order valence-corrected chi connectivity index (χ1v) is 11.4. The lowest BCUT2D eigenvalue weighted by molar-refractivity contribution is -0.115. The molecule has 6 heteroatoms.